The minimum absolute atomic E-state index is 1.12. The van der Waals surface area contributed by atoms with Crippen LogP contribution in [0.5, 0.6) is 0 Å². The molecule has 0 amide bonds. The summed E-state index contributed by atoms with van der Waals surface area (Å²) in [5.41, 5.74) is 6.10. The lowest BCUT2D eigenvalue weighted by Crippen LogP contribution is -1.97. The largest absolute Gasteiger partial charge is 0.129 e. The Kier molecular flexibility index (Phi) is 2.48. The number of benzene rings is 1. The van der Waals surface area contributed by atoms with Crippen molar-refractivity contribution in [2.24, 2.45) is 0 Å². The molecule has 0 N–H and O–H groups in total. The second kappa shape index (κ2) is 3.71. The Hall–Kier alpha value is -0.140. The number of rotatable bonds is 1. The summed E-state index contributed by atoms with van der Waals surface area (Å²) in [6.45, 7) is 0. The van der Waals surface area contributed by atoms with Crippen LogP contribution in [-0.2, 0) is 25.7 Å². The molecule has 1 aromatic rings. The molecular weight excluding hydrogens is 224 g/mol. The number of hydrogen-bond acceptors (Lipinski definition) is 1. The molecule has 0 aliphatic heterocycles. The maximum Gasteiger partial charge on any atom is 0.0476 e. The van der Waals surface area contributed by atoms with E-state index < -0.39 is 0 Å². The highest BCUT2D eigenvalue weighted by atomic mass is 35.5. The maximum atomic E-state index is 6.52. The molecule has 2 aliphatic rings. The van der Waals surface area contributed by atoms with Crippen LogP contribution in [0.4, 0.5) is 0 Å². The van der Waals surface area contributed by atoms with Gasteiger partial charge in [-0.05, 0) is 67.0 Å². The Labute approximate surface area is 100 Å². The number of hydrogen-bond donors (Lipinski definition) is 0. The average molecular weight is 239 g/mol. The Morgan fingerprint density at radius 3 is 1.80 bits per heavy atom. The summed E-state index contributed by atoms with van der Waals surface area (Å²) in [6.07, 6.45) is 9.71. The zero-order chi connectivity index (χ0) is 10.4. The van der Waals surface area contributed by atoms with Crippen LogP contribution >= 0.6 is 23.4 Å². The van der Waals surface area contributed by atoms with Gasteiger partial charge in [-0.15, -0.1) is 11.8 Å². The lowest BCUT2D eigenvalue weighted by atomic mass is 10.0. The molecule has 2 aliphatic carbocycles. The van der Waals surface area contributed by atoms with Crippen molar-refractivity contribution in [3.63, 3.8) is 0 Å². The van der Waals surface area contributed by atoms with Gasteiger partial charge in [0.2, 0.25) is 0 Å². The number of thioether (sulfide) groups is 1. The van der Waals surface area contributed by atoms with Crippen molar-refractivity contribution in [1.82, 2.24) is 0 Å². The van der Waals surface area contributed by atoms with Gasteiger partial charge in [-0.25, -0.2) is 0 Å². The summed E-state index contributed by atoms with van der Waals surface area (Å²) in [5, 5.41) is 1.12. The van der Waals surface area contributed by atoms with Gasteiger partial charge < -0.3 is 0 Å². The fourth-order valence-electron chi connectivity index (χ4n) is 3.08. The van der Waals surface area contributed by atoms with Crippen LogP contribution in [-0.4, -0.2) is 6.26 Å². The van der Waals surface area contributed by atoms with Gasteiger partial charge in [0, 0.05) is 9.92 Å². The Bertz CT molecular complexity index is 388. The van der Waals surface area contributed by atoms with E-state index in [9.17, 15) is 0 Å². The van der Waals surface area contributed by atoms with Gasteiger partial charge in [-0.1, -0.05) is 11.6 Å². The van der Waals surface area contributed by atoms with E-state index in [-0.39, 0.29) is 0 Å². The van der Waals surface area contributed by atoms with Gasteiger partial charge >= 0.3 is 0 Å². The molecule has 0 aromatic heterocycles. The normalized spacial score (nSPS) is 18.0. The Morgan fingerprint density at radius 1 is 0.867 bits per heavy atom. The topological polar surface area (TPSA) is 0 Å². The molecule has 1 aromatic carbocycles. The molecule has 0 bridgehead atoms. The summed E-state index contributed by atoms with van der Waals surface area (Å²) < 4.78 is 0. The Balaban J connectivity index is 2.31. The second-order valence-corrected chi connectivity index (χ2v) is 5.66. The summed E-state index contributed by atoms with van der Waals surface area (Å²) in [7, 11) is 0. The fraction of sp³-hybridized carbons (Fsp3) is 0.538. The van der Waals surface area contributed by atoms with Crippen LogP contribution in [0, 0.1) is 0 Å². The van der Waals surface area contributed by atoms with E-state index in [0.29, 0.717) is 0 Å². The summed E-state index contributed by atoms with van der Waals surface area (Å²) in [4.78, 5) is 1.57. The minimum atomic E-state index is 1.12. The van der Waals surface area contributed by atoms with Crippen molar-refractivity contribution in [1.29, 1.82) is 0 Å². The third-order valence-electron chi connectivity index (χ3n) is 3.72. The second-order valence-electron chi connectivity index (χ2n) is 4.47. The smallest absolute Gasteiger partial charge is 0.0476 e. The molecule has 0 fully saturated rings. The van der Waals surface area contributed by atoms with E-state index in [0.717, 1.165) is 5.02 Å². The van der Waals surface area contributed by atoms with E-state index in [2.05, 4.69) is 6.26 Å². The van der Waals surface area contributed by atoms with Gasteiger partial charge in [-0.3, -0.25) is 0 Å². The van der Waals surface area contributed by atoms with Gasteiger partial charge in [-0.2, -0.15) is 0 Å². The first-order valence-electron chi connectivity index (χ1n) is 5.72. The molecule has 0 nitrogen and oxygen atoms in total. The molecule has 15 heavy (non-hydrogen) atoms. The van der Waals surface area contributed by atoms with Crippen LogP contribution in [0.2, 0.25) is 5.02 Å². The third-order valence-corrected chi connectivity index (χ3v) is 5.08. The van der Waals surface area contributed by atoms with Crippen LogP contribution in [0.15, 0.2) is 4.90 Å². The maximum absolute atomic E-state index is 6.52. The molecule has 0 saturated heterocycles. The van der Waals surface area contributed by atoms with Gasteiger partial charge in [0.15, 0.2) is 0 Å². The van der Waals surface area contributed by atoms with Crippen LogP contribution in [0.3, 0.4) is 0 Å². The predicted octanol–water partition coefficient (Wildman–Crippen LogP) is 4.04. The highest BCUT2D eigenvalue weighted by molar-refractivity contribution is 7.98. The molecule has 0 unspecified atom stereocenters. The van der Waals surface area contributed by atoms with Crippen molar-refractivity contribution in [3.05, 3.63) is 27.3 Å². The van der Waals surface area contributed by atoms with Gasteiger partial charge in [0.1, 0.15) is 0 Å². The zero-order valence-electron chi connectivity index (χ0n) is 9.03. The lowest BCUT2D eigenvalue weighted by molar-refractivity contribution is 0.886. The molecule has 80 valence electrons. The SMILES string of the molecule is CSc1c2c(c(Cl)c3c1CCC3)CCC2. The van der Waals surface area contributed by atoms with E-state index in [1.54, 1.807) is 16.0 Å². The molecule has 0 saturated carbocycles. The Morgan fingerprint density at radius 2 is 1.33 bits per heavy atom. The monoisotopic (exact) mass is 238 g/mol. The first kappa shape index (κ1) is 10.0. The molecule has 0 atom stereocenters. The molecular formula is C13H15ClS. The predicted molar refractivity (Wildman–Crippen MR) is 67.3 cm³/mol. The van der Waals surface area contributed by atoms with E-state index in [4.69, 9.17) is 11.6 Å². The molecule has 3 rings (SSSR count). The molecule has 0 radical (unpaired) electrons. The average Bonchev–Trinajstić information content (AvgIpc) is 2.85. The van der Waals surface area contributed by atoms with Crippen LogP contribution < -0.4 is 0 Å². The van der Waals surface area contributed by atoms with Gasteiger partial charge in [0.05, 0.1) is 0 Å². The van der Waals surface area contributed by atoms with E-state index >= 15 is 0 Å². The van der Waals surface area contributed by atoms with Crippen LogP contribution in [0.1, 0.15) is 35.1 Å². The van der Waals surface area contributed by atoms with Crippen molar-refractivity contribution >= 4 is 23.4 Å². The summed E-state index contributed by atoms with van der Waals surface area (Å²) >= 11 is 8.45. The minimum Gasteiger partial charge on any atom is -0.129 e. The molecule has 0 heterocycles. The van der Waals surface area contributed by atoms with E-state index in [1.807, 2.05) is 11.8 Å². The lowest BCUT2D eigenvalue weighted by Gasteiger charge is -2.15. The molecule has 0 spiro atoms. The first-order valence-corrected chi connectivity index (χ1v) is 7.32. The summed E-state index contributed by atoms with van der Waals surface area (Å²) in [6, 6.07) is 0. The van der Waals surface area contributed by atoms with Crippen LogP contribution in [0.25, 0.3) is 0 Å². The van der Waals surface area contributed by atoms with Crippen molar-refractivity contribution in [3.8, 4) is 0 Å². The van der Waals surface area contributed by atoms with Crippen molar-refractivity contribution < 1.29 is 0 Å². The number of halogens is 1. The van der Waals surface area contributed by atoms with Gasteiger partial charge in [0.25, 0.3) is 0 Å². The highest BCUT2D eigenvalue weighted by Gasteiger charge is 2.27. The quantitative estimate of drug-likeness (QED) is 0.666. The van der Waals surface area contributed by atoms with Crippen molar-refractivity contribution in [2.45, 2.75) is 43.4 Å². The first-order chi connectivity index (χ1) is 7.33. The zero-order valence-corrected chi connectivity index (χ0v) is 10.6. The molecule has 2 heteroatoms. The van der Waals surface area contributed by atoms with E-state index in [1.165, 1.54) is 49.7 Å². The van der Waals surface area contributed by atoms with Crippen molar-refractivity contribution in [2.75, 3.05) is 6.26 Å². The summed E-state index contributed by atoms with van der Waals surface area (Å²) in [5.74, 6) is 0. The number of fused-ring (bicyclic) bond motifs is 2. The third kappa shape index (κ3) is 1.36. The highest BCUT2D eigenvalue weighted by Crippen LogP contribution is 2.44. The standard InChI is InChI=1S/C13H15ClS/c1-15-13-10-6-2-4-8(10)12(14)9-5-3-7-11(9)13/h2-7H2,1H3. The fourth-order valence-corrected chi connectivity index (χ4v) is 4.44.